The number of hydrogen-bond donors (Lipinski definition) is 2. The molecule has 0 spiro atoms. The van der Waals surface area contributed by atoms with Gasteiger partial charge < -0.3 is 5.11 Å². The third kappa shape index (κ3) is 3.62. The molecule has 0 heterocycles. The van der Waals surface area contributed by atoms with Gasteiger partial charge in [-0.05, 0) is 26.0 Å². The van der Waals surface area contributed by atoms with Gasteiger partial charge in [0.2, 0.25) is 10.0 Å². The maximum absolute atomic E-state index is 11.6. The van der Waals surface area contributed by atoms with Crippen molar-refractivity contribution in [1.29, 1.82) is 0 Å². The molecule has 1 atom stereocenters. The normalized spacial score (nSPS) is 13.8. The molecule has 84 valence electrons. The summed E-state index contributed by atoms with van der Waals surface area (Å²) in [6.45, 7) is 3.44. The molecule has 0 amide bonds. The number of rotatable bonds is 4. The lowest BCUT2D eigenvalue weighted by Gasteiger charge is -2.08. The monoisotopic (exact) mass is 229 g/mol. The van der Waals surface area contributed by atoms with E-state index < -0.39 is 16.1 Å². The fourth-order valence-corrected chi connectivity index (χ4v) is 2.15. The minimum Gasteiger partial charge on any atom is -0.392 e. The van der Waals surface area contributed by atoms with Crippen LogP contribution in [0.4, 0.5) is 0 Å². The highest BCUT2D eigenvalue weighted by molar-refractivity contribution is 7.89. The molecule has 1 aromatic rings. The van der Waals surface area contributed by atoms with Gasteiger partial charge in [0.05, 0.1) is 11.0 Å². The van der Waals surface area contributed by atoms with Crippen molar-refractivity contribution in [2.75, 3.05) is 6.54 Å². The summed E-state index contributed by atoms with van der Waals surface area (Å²) < 4.78 is 25.6. The average Bonchev–Trinajstić information content (AvgIpc) is 2.16. The standard InChI is InChI=1S/C10H15NO3S/c1-8-3-5-10(6-4-8)15(13,14)11-7-9(2)12/h3-6,9,11-12H,7H2,1-2H3. The Balaban J connectivity index is 2.82. The summed E-state index contributed by atoms with van der Waals surface area (Å²) in [4.78, 5) is 0.216. The van der Waals surface area contributed by atoms with Crippen LogP contribution in [-0.4, -0.2) is 26.2 Å². The highest BCUT2D eigenvalue weighted by atomic mass is 32.2. The Morgan fingerprint density at radius 3 is 2.33 bits per heavy atom. The average molecular weight is 229 g/mol. The van der Waals surface area contributed by atoms with Gasteiger partial charge in [-0.2, -0.15) is 0 Å². The Hall–Kier alpha value is -0.910. The van der Waals surface area contributed by atoms with Gasteiger partial charge >= 0.3 is 0 Å². The van der Waals surface area contributed by atoms with E-state index in [4.69, 9.17) is 5.11 Å². The lowest BCUT2D eigenvalue weighted by molar-refractivity contribution is 0.198. The maximum Gasteiger partial charge on any atom is 0.240 e. The summed E-state index contributed by atoms with van der Waals surface area (Å²) in [5.74, 6) is 0. The van der Waals surface area contributed by atoms with Crippen LogP contribution in [0.1, 0.15) is 12.5 Å². The number of hydrogen-bond acceptors (Lipinski definition) is 3. The number of aryl methyl sites for hydroxylation is 1. The SMILES string of the molecule is Cc1ccc(S(=O)(=O)NCC(C)O)cc1. The molecule has 0 saturated heterocycles. The van der Waals surface area contributed by atoms with E-state index in [-0.39, 0.29) is 11.4 Å². The summed E-state index contributed by atoms with van der Waals surface area (Å²) in [5.41, 5.74) is 1.00. The van der Waals surface area contributed by atoms with Crippen molar-refractivity contribution in [2.24, 2.45) is 0 Å². The van der Waals surface area contributed by atoms with Crippen LogP contribution in [0, 0.1) is 6.92 Å². The first-order chi connectivity index (χ1) is 6.92. The van der Waals surface area contributed by atoms with Crippen LogP contribution in [0.25, 0.3) is 0 Å². The Morgan fingerprint density at radius 2 is 1.87 bits per heavy atom. The molecule has 0 aromatic heterocycles. The van der Waals surface area contributed by atoms with Crippen LogP contribution in [0.3, 0.4) is 0 Å². The van der Waals surface area contributed by atoms with Crippen LogP contribution in [0.15, 0.2) is 29.2 Å². The number of aliphatic hydroxyl groups is 1. The van der Waals surface area contributed by atoms with E-state index in [1.54, 1.807) is 24.3 Å². The molecular formula is C10H15NO3S. The van der Waals surface area contributed by atoms with Gasteiger partial charge in [-0.15, -0.1) is 0 Å². The van der Waals surface area contributed by atoms with Crippen molar-refractivity contribution in [3.8, 4) is 0 Å². The van der Waals surface area contributed by atoms with Crippen molar-refractivity contribution < 1.29 is 13.5 Å². The van der Waals surface area contributed by atoms with Gasteiger partial charge in [0.15, 0.2) is 0 Å². The molecule has 0 radical (unpaired) electrons. The van der Waals surface area contributed by atoms with Gasteiger partial charge in [-0.1, -0.05) is 17.7 Å². The summed E-state index contributed by atoms with van der Waals surface area (Å²) in [6.07, 6.45) is -0.690. The molecule has 0 aliphatic heterocycles. The van der Waals surface area contributed by atoms with E-state index in [0.29, 0.717) is 0 Å². The van der Waals surface area contributed by atoms with E-state index in [1.807, 2.05) is 6.92 Å². The Bertz CT molecular complexity index is 409. The highest BCUT2D eigenvalue weighted by Crippen LogP contribution is 2.09. The first-order valence-electron chi connectivity index (χ1n) is 4.66. The van der Waals surface area contributed by atoms with Crippen molar-refractivity contribution in [3.05, 3.63) is 29.8 Å². The molecule has 0 saturated carbocycles. The zero-order chi connectivity index (χ0) is 11.5. The topological polar surface area (TPSA) is 66.4 Å². The Morgan fingerprint density at radius 1 is 1.33 bits per heavy atom. The largest absolute Gasteiger partial charge is 0.392 e. The third-order valence-electron chi connectivity index (χ3n) is 1.90. The lowest BCUT2D eigenvalue weighted by atomic mass is 10.2. The molecule has 15 heavy (non-hydrogen) atoms. The maximum atomic E-state index is 11.6. The van der Waals surface area contributed by atoms with Crippen molar-refractivity contribution in [3.63, 3.8) is 0 Å². The predicted octanol–water partition coefficient (Wildman–Crippen LogP) is 0.654. The quantitative estimate of drug-likeness (QED) is 0.797. The van der Waals surface area contributed by atoms with E-state index in [1.165, 1.54) is 6.92 Å². The third-order valence-corrected chi connectivity index (χ3v) is 3.34. The number of aliphatic hydroxyl groups excluding tert-OH is 1. The molecule has 1 unspecified atom stereocenters. The van der Waals surface area contributed by atoms with Gasteiger partial charge in [-0.3, -0.25) is 0 Å². The number of sulfonamides is 1. The number of nitrogens with one attached hydrogen (secondary N) is 1. The molecule has 1 aromatic carbocycles. The zero-order valence-electron chi connectivity index (χ0n) is 8.77. The van der Waals surface area contributed by atoms with E-state index in [0.717, 1.165) is 5.56 Å². The molecule has 2 N–H and O–H groups in total. The minimum atomic E-state index is -3.48. The Labute approximate surface area is 90.0 Å². The van der Waals surface area contributed by atoms with Crippen molar-refractivity contribution >= 4 is 10.0 Å². The second kappa shape index (κ2) is 4.74. The summed E-state index contributed by atoms with van der Waals surface area (Å²) in [5, 5.41) is 8.98. The molecule has 4 nitrogen and oxygen atoms in total. The van der Waals surface area contributed by atoms with Crippen LogP contribution in [-0.2, 0) is 10.0 Å². The van der Waals surface area contributed by atoms with E-state index in [2.05, 4.69) is 4.72 Å². The molecular weight excluding hydrogens is 214 g/mol. The number of benzene rings is 1. The second-order valence-electron chi connectivity index (χ2n) is 3.51. The lowest BCUT2D eigenvalue weighted by Crippen LogP contribution is -2.30. The Kier molecular flexibility index (Phi) is 3.84. The summed E-state index contributed by atoms with van der Waals surface area (Å²) in [7, 11) is -3.48. The predicted molar refractivity (Wildman–Crippen MR) is 58.0 cm³/mol. The van der Waals surface area contributed by atoms with Gasteiger partial charge in [0.25, 0.3) is 0 Å². The molecule has 0 aliphatic rings. The molecule has 5 heteroatoms. The first-order valence-corrected chi connectivity index (χ1v) is 6.14. The fourth-order valence-electron chi connectivity index (χ4n) is 1.03. The van der Waals surface area contributed by atoms with Crippen LogP contribution in [0.5, 0.6) is 0 Å². The van der Waals surface area contributed by atoms with Crippen molar-refractivity contribution in [1.82, 2.24) is 4.72 Å². The zero-order valence-corrected chi connectivity index (χ0v) is 9.58. The second-order valence-corrected chi connectivity index (χ2v) is 5.28. The van der Waals surface area contributed by atoms with E-state index >= 15 is 0 Å². The molecule has 0 aliphatic carbocycles. The van der Waals surface area contributed by atoms with E-state index in [9.17, 15) is 8.42 Å². The van der Waals surface area contributed by atoms with Gasteiger partial charge in [0.1, 0.15) is 0 Å². The van der Waals surface area contributed by atoms with Crippen molar-refractivity contribution in [2.45, 2.75) is 24.8 Å². The summed E-state index contributed by atoms with van der Waals surface area (Å²) >= 11 is 0. The van der Waals surface area contributed by atoms with Gasteiger partial charge in [0, 0.05) is 6.54 Å². The summed E-state index contributed by atoms with van der Waals surface area (Å²) in [6, 6.07) is 6.55. The smallest absolute Gasteiger partial charge is 0.240 e. The van der Waals surface area contributed by atoms with Crippen LogP contribution >= 0.6 is 0 Å². The molecule has 1 rings (SSSR count). The molecule has 0 fully saturated rings. The molecule has 0 bridgehead atoms. The van der Waals surface area contributed by atoms with Gasteiger partial charge in [-0.25, -0.2) is 13.1 Å². The first kappa shape index (κ1) is 12.2. The highest BCUT2D eigenvalue weighted by Gasteiger charge is 2.13. The van der Waals surface area contributed by atoms with Crippen LogP contribution in [0.2, 0.25) is 0 Å². The van der Waals surface area contributed by atoms with Crippen LogP contribution < -0.4 is 4.72 Å². The fraction of sp³-hybridized carbons (Fsp3) is 0.400. The minimum absolute atomic E-state index is 0.0240.